The average molecular weight is 641 g/mol. The topological polar surface area (TPSA) is 25.8 Å². The smallest absolute Gasteiger partial charge is 0.161 e. The van der Waals surface area contributed by atoms with Crippen LogP contribution in [0.3, 0.4) is 0 Å². The minimum atomic E-state index is 0.734. The molecule has 0 saturated heterocycles. The molecule has 228 valence electrons. The van der Waals surface area contributed by atoms with Crippen molar-refractivity contribution in [3.63, 3.8) is 0 Å². The third kappa shape index (κ3) is 4.47. The zero-order valence-corrected chi connectivity index (χ0v) is 27.3. The third-order valence-electron chi connectivity index (χ3n) is 9.66. The summed E-state index contributed by atoms with van der Waals surface area (Å²) in [6.45, 7) is 0. The Balaban J connectivity index is 1.37. The highest BCUT2D eigenvalue weighted by molar-refractivity contribution is 7.26. The molecule has 0 atom stereocenters. The van der Waals surface area contributed by atoms with Crippen molar-refractivity contribution in [3.05, 3.63) is 170 Å². The van der Waals surface area contributed by atoms with Gasteiger partial charge in [-0.3, -0.25) is 0 Å². The number of aromatic nitrogens is 2. The lowest BCUT2D eigenvalue weighted by molar-refractivity contribution is 1.19. The maximum absolute atomic E-state index is 5.54. The van der Waals surface area contributed by atoms with Crippen LogP contribution in [-0.2, 0) is 0 Å². The zero-order chi connectivity index (χ0) is 32.3. The van der Waals surface area contributed by atoms with Crippen LogP contribution < -0.4 is 0 Å². The molecule has 0 fully saturated rings. The summed E-state index contributed by atoms with van der Waals surface area (Å²) in [7, 11) is 0. The summed E-state index contributed by atoms with van der Waals surface area (Å²) in [5.41, 5.74) is 7.53. The van der Waals surface area contributed by atoms with Gasteiger partial charge < -0.3 is 0 Å². The van der Waals surface area contributed by atoms with Gasteiger partial charge >= 0.3 is 0 Å². The molecule has 3 heteroatoms. The van der Waals surface area contributed by atoms with Crippen LogP contribution in [-0.4, -0.2) is 9.97 Å². The molecular formula is C46H28N2S. The van der Waals surface area contributed by atoms with E-state index in [9.17, 15) is 0 Å². The Morgan fingerprint density at radius 2 is 0.939 bits per heavy atom. The van der Waals surface area contributed by atoms with E-state index in [0.717, 1.165) is 39.3 Å². The summed E-state index contributed by atoms with van der Waals surface area (Å²) < 4.78 is 2.51. The van der Waals surface area contributed by atoms with Gasteiger partial charge in [-0.15, -0.1) is 11.3 Å². The standard InChI is InChI=1S/C46H28N2S/c1-3-15-29(16-4-1)39-28-40(38-27-31-19-7-8-20-32(31)33-21-9-10-22-34(33)38)48-46(47-39)44-36-24-12-11-23-35(36)42(30-17-5-2-6-18-30)45-43(44)37-25-13-14-26-41(37)49-45/h1-28H. The molecule has 0 unspecified atom stereocenters. The van der Waals surface area contributed by atoms with Gasteiger partial charge in [0.25, 0.3) is 0 Å². The van der Waals surface area contributed by atoms with Crippen LogP contribution in [0.15, 0.2) is 170 Å². The van der Waals surface area contributed by atoms with E-state index < -0.39 is 0 Å². The van der Waals surface area contributed by atoms with Gasteiger partial charge in [0.15, 0.2) is 5.82 Å². The van der Waals surface area contributed by atoms with Crippen molar-refractivity contribution in [1.29, 1.82) is 0 Å². The molecule has 10 rings (SSSR count). The Kier molecular flexibility index (Phi) is 6.39. The summed E-state index contributed by atoms with van der Waals surface area (Å²) in [4.78, 5) is 11.0. The molecule has 0 radical (unpaired) electrons. The largest absolute Gasteiger partial charge is 0.228 e. The summed E-state index contributed by atoms with van der Waals surface area (Å²) in [6.07, 6.45) is 0. The van der Waals surface area contributed by atoms with Crippen molar-refractivity contribution in [1.82, 2.24) is 9.97 Å². The van der Waals surface area contributed by atoms with Crippen molar-refractivity contribution < 1.29 is 0 Å². The quantitative estimate of drug-likeness (QED) is 0.179. The molecule has 0 amide bonds. The van der Waals surface area contributed by atoms with Crippen LogP contribution in [0.5, 0.6) is 0 Å². The van der Waals surface area contributed by atoms with Crippen molar-refractivity contribution in [2.75, 3.05) is 0 Å². The van der Waals surface area contributed by atoms with Gasteiger partial charge in [-0.2, -0.15) is 0 Å². The Hall–Kier alpha value is -6.16. The van der Waals surface area contributed by atoms with Crippen LogP contribution in [0.1, 0.15) is 0 Å². The summed E-state index contributed by atoms with van der Waals surface area (Å²) >= 11 is 1.86. The van der Waals surface area contributed by atoms with Gasteiger partial charge in [0.05, 0.1) is 11.4 Å². The molecular weight excluding hydrogens is 613 g/mol. The number of thiophene rings is 1. The van der Waals surface area contributed by atoms with E-state index >= 15 is 0 Å². The molecule has 2 aromatic heterocycles. The number of benzene rings is 8. The maximum atomic E-state index is 5.54. The van der Waals surface area contributed by atoms with Gasteiger partial charge in [0.2, 0.25) is 0 Å². The molecule has 8 aromatic carbocycles. The van der Waals surface area contributed by atoms with Gasteiger partial charge in [-0.1, -0.05) is 152 Å². The molecule has 0 aliphatic heterocycles. The van der Waals surface area contributed by atoms with Crippen LogP contribution in [0.2, 0.25) is 0 Å². The molecule has 49 heavy (non-hydrogen) atoms. The first-order valence-electron chi connectivity index (χ1n) is 16.6. The molecule has 2 nitrogen and oxygen atoms in total. The van der Waals surface area contributed by atoms with Crippen molar-refractivity contribution in [3.8, 4) is 45.0 Å². The van der Waals surface area contributed by atoms with E-state index in [-0.39, 0.29) is 0 Å². The summed E-state index contributed by atoms with van der Waals surface area (Å²) in [5, 5.41) is 9.63. The Morgan fingerprint density at radius 3 is 1.69 bits per heavy atom. The van der Waals surface area contributed by atoms with E-state index in [4.69, 9.17) is 9.97 Å². The molecule has 0 bridgehead atoms. The van der Waals surface area contributed by atoms with E-state index in [2.05, 4.69) is 170 Å². The SMILES string of the molecule is c1ccc(-c2cc(-c3cc4ccccc4c4ccccc34)nc(-c3c4ccccc4c(-c4ccccc4)c4sc5ccccc5c34)n2)cc1. The van der Waals surface area contributed by atoms with E-state index in [1.54, 1.807) is 0 Å². The minimum absolute atomic E-state index is 0.734. The Labute approximate surface area is 287 Å². The summed E-state index contributed by atoms with van der Waals surface area (Å²) in [5.74, 6) is 0.734. The predicted octanol–water partition coefficient (Wildman–Crippen LogP) is 13.0. The van der Waals surface area contributed by atoms with Gasteiger partial charge in [0.1, 0.15) is 0 Å². The maximum Gasteiger partial charge on any atom is 0.161 e. The van der Waals surface area contributed by atoms with Gasteiger partial charge in [-0.25, -0.2) is 9.97 Å². The second-order valence-corrected chi connectivity index (χ2v) is 13.5. The average Bonchev–Trinajstić information content (AvgIpc) is 3.56. The Morgan fingerprint density at radius 1 is 0.388 bits per heavy atom. The molecule has 0 aliphatic carbocycles. The van der Waals surface area contributed by atoms with E-state index in [1.807, 2.05) is 11.3 Å². The highest BCUT2D eigenvalue weighted by atomic mass is 32.1. The first-order chi connectivity index (χ1) is 24.3. The first kappa shape index (κ1) is 27.9. The molecule has 0 spiro atoms. The summed E-state index contributed by atoms with van der Waals surface area (Å²) in [6, 6.07) is 60.6. The molecule has 0 N–H and O–H groups in total. The number of nitrogens with zero attached hydrogens (tertiary/aromatic N) is 2. The van der Waals surface area contributed by atoms with Crippen LogP contribution >= 0.6 is 11.3 Å². The molecule has 2 heterocycles. The zero-order valence-electron chi connectivity index (χ0n) is 26.5. The molecule has 0 saturated carbocycles. The third-order valence-corrected chi connectivity index (χ3v) is 10.9. The normalized spacial score (nSPS) is 11.7. The van der Waals surface area contributed by atoms with Crippen LogP contribution in [0, 0.1) is 0 Å². The number of hydrogen-bond donors (Lipinski definition) is 0. The minimum Gasteiger partial charge on any atom is -0.228 e. The Bertz CT molecular complexity index is 2870. The number of fused-ring (bicyclic) bond motifs is 7. The second-order valence-electron chi connectivity index (χ2n) is 12.5. The number of rotatable bonds is 4. The highest BCUT2D eigenvalue weighted by Gasteiger charge is 2.23. The molecule has 0 aliphatic rings. The fourth-order valence-electron chi connectivity index (χ4n) is 7.49. The monoisotopic (exact) mass is 640 g/mol. The fraction of sp³-hybridized carbons (Fsp3) is 0. The van der Waals surface area contributed by atoms with Gasteiger partial charge in [0, 0.05) is 42.4 Å². The van der Waals surface area contributed by atoms with Crippen LogP contribution in [0.25, 0.3) is 97.5 Å². The lowest BCUT2D eigenvalue weighted by Crippen LogP contribution is -1.98. The van der Waals surface area contributed by atoms with E-state index in [1.165, 1.54) is 58.2 Å². The lowest BCUT2D eigenvalue weighted by atomic mass is 9.90. The lowest BCUT2D eigenvalue weighted by Gasteiger charge is -2.17. The molecule has 10 aromatic rings. The first-order valence-corrected chi connectivity index (χ1v) is 17.4. The van der Waals surface area contributed by atoms with E-state index in [0.29, 0.717) is 0 Å². The second kappa shape index (κ2) is 11.2. The van der Waals surface area contributed by atoms with Crippen LogP contribution in [0.4, 0.5) is 0 Å². The van der Waals surface area contributed by atoms with Crippen molar-refractivity contribution in [2.45, 2.75) is 0 Å². The fourth-order valence-corrected chi connectivity index (χ4v) is 8.78. The van der Waals surface area contributed by atoms with Crippen molar-refractivity contribution >= 4 is 63.8 Å². The predicted molar refractivity (Wildman–Crippen MR) is 209 cm³/mol. The van der Waals surface area contributed by atoms with Crippen molar-refractivity contribution in [2.24, 2.45) is 0 Å². The van der Waals surface area contributed by atoms with Gasteiger partial charge in [-0.05, 0) is 56.1 Å². The number of hydrogen-bond acceptors (Lipinski definition) is 3. The highest BCUT2D eigenvalue weighted by Crippen LogP contribution is 2.49.